The third-order valence-electron chi connectivity index (χ3n) is 2.70. The van der Waals surface area contributed by atoms with Gasteiger partial charge in [-0.25, -0.2) is 4.79 Å². The van der Waals surface area contributed by atoms with Gasteiger partial charge < -0.3 is 10.4 Å². The highest BCUT2D eigenvalue weighted by molar-refractivity contribution is 6.31. The first-order valence-corrected chi connectivity index (χ1v) is 6.13. The first-order valence-electron chi connectivity index (χ1n) is 5.75. The minimum Gasteiger partial charge on any atom is -0.478 e. The van der Waals surface area contributed by atoms with Crippen LogP contribution in [0.5, 0.6) is 0 Å². The van der Waals surface area contributed by atoms with Gasteiger partial charge in [-0.15, -0.1) is 0 Å². The van der Waals surface area contributed by atoms with E-state index in [1.54, 1.807) is 12.1 Å². The Labute approximate surface area is 116 Å². The maximum Gasteiger partial charge on any atom is 0.339 e. The molecule has 98 valence electrons. The first-order chi connectivity index (χ1) is 9.08. The number of rotatable bonds is 4. The van der Waals surface area contributed by atoms with Crippen molar-refractivity contribution in [2.75, 3.05) is 5.32 Å². The zero-order chi connectivity index (χ0) is 13.8. The molecule has 5 heteroatoms. The summed E-state index contributed by atoms with van der Waals surface area (Å²) in [5, 5.41) is 12.8. The number of hydrogen-bond acceptors (Lipinski definition) is 3. The number of nitrogens with one attached hydrogen (secondary N) is 1. The number of halogens is 1. The Morgan fingerprint density at radius 3 is 2.84 bits per heavy atom. The van der Waals surface area contributed by atoms with Crippen LogP contribution in [0.25, 0.3) is 0 Å². The third kappa shape index (κ3) is 3.23. The fraction of sp³-hybridized carbons (Fsp3) is 0.143. The van der Waals surface area contributed by atoms with Gasteiger partial charge in [0.25, 0.3) is 0 Å². The smallest absolute Gasteiger partial charge is 0.339 e. The molecule has 2 N–H and O–H groups in total. The van der Waals surface area contributed by atoms with E-state index in [-0.39, 0.29) is 5.56 Å². The standard InChI is InChI=1S/C14H13ClN2O2/c1-9-6-13(11(8-16-9)14(18)19)17-7-10-4-2-3-5-12(10)15/h2-6,8H,7H2,1H3,(H,16,17)(H,18,19). The van der Waals surface area contributed by atoms with E-state index in [0.29, 0.717) is 17.3 Å². The lowest BCUT2D eigenvalue weighted by Crippen LogP contribution is -2.08. The maximum atomic E-state index is 11.1. The summed E-state index contributed by atoms with van der Waals surface area (Å²) in [5.74, 6) is -1.01. The van der Waals surface area contributed by atoms with Crippen molar-refractivity contribution in [2.24, 2.45) is 0 Å². The van der Waals surface area contributed by atoms with Crippen molar-refractivity contribution in [3.05, 3.63) is 58.4 Å². The molecule has 19 heavy (non-hydrogen) atoms. The van der Waals surface area contributed by atoms with Crippen LogP contribution < -0.4 is 5.32 Å². The van der Waals surface area contributed by atoms with Crippen molar-refractivity contribution in [1.29, 1.82) is 0 Å². The van der Waals surface area contributed by atoms with E-state index in [4.69, 9.17) is 16.7 Å². The second kappa shape index (κ2) is 5.71. The van der Waals surface area contributed by atoms with Crippen molar-refractivity contribution in [3.8, 4) is 0 Å². The Bertz CT molecular complexity index is 614. The number of aryl methyl sites for hydroxylation is 1. The van der Waals surface area contributed by atoms with Crippen LogP contribution in [-0.2, 0) is 6.54 Å². The Balaban J connectivity index is 2.22. The van der Waals surface area contributed by atoms with E-state index in [2.05, 4.69) is 10.3 Å². The lowest BCUT2D eigenvalue weighted by atomic mass is 10.2. The number of benzene rings is 1. The Morgan fingerprint density at radius 1 is 1.42 bits per heavy atom. The van der Waals surface area contributed by atoms with Gasteiger partial charge in [0.1, 0.15) is 5.56 Å². The van der Waals surface area contributed by atoms with Crippen molar-refractivity contribution in [1.82, 2.24) is 4.98 Å². The molecule has 0 amide bonds. The van der Waals surface area contributed by atoms with Gasteiger partial charge in [-0.3, -0.25) is 4.98 Å². The van der Waals surface area contributed by atoms with Gasteiger partial charge in [-0.05, 0) is 24.6 Å². The first kappa shape index (κ1) is 13.4. The monoisotopic (exact) mass is 276 g/mol. The molecule has 0 aliphatic carbocycles. The predicted octanol–water partition coefficient (Wildman–Crippen LogP) is 3.35. The van der Waals surface area contributed by atoms with Crippen LogP contribution in [0.1, 0.15) is 21.6 Å². The molecule has 2 aromatic rings. The molecule has 0 atom stereocenters. The molecule has 4 nitrogen and oxygen atoms in total. The van der Waals surface area contributed by atoms with Crippen LogP contribution in [0.4, 0.5) is 5.69 Å². The quantitative estimate of drug-likeness (QED) is 0.899. The minimum atomic E-state index is -1.01. The molecular formula is C14H13ClN2O2. The van der Waals surface area contributed by atoms with E-state index in [0.717, 1.165) is 11.3 Å². The van der Waals surface area contributed by atoms with E-state index < -0.39 is 5.97 Å². The SMILES string of the molecule is Cc1cc(NCc2ccccc2Cl)c(C(=O)O)cn1. The molecule has 0 radical (unpaired) electrons. The normalized spacial score (nSPS) is 10.2. The molecule has 0 unspecified atom stereocenters. The van der Waals surface area contributed by atoms with E-state index in [9.17, 15) is 4.79 Å². The summed E-state index contributed by atoms with van der Waals surface area (Å²) in [5.41, 5.74) is 2.36. The fourth-order valence-electron chi connectivity index (χ4n) is 1.71. The molecule has 0 aliphatic rings. The number of carboxylic acid groups (broad SMARTS) is 1. The number of carbonyl (C=O) groups is 1. The average Bonchev–Trinajstić information content (AvgIpc) is 2.37. The van der Waals surface area contributed by atoms with Crippen LogP contribution in [-0.4, -0.2) is 16.1 Å². The Kier molecular flexibility index (Phi) is 4.02. The molecule has 0 aliphatic heterocycles. The fourth-order valence-corrected chi connectivity index (χ4v) is 1.91. The van der Waals surface area contributed by atoms with Gasteiger partial charge in [0.2, 0.25) is 0 Å². The minimum absolute atomic E-state index is 0.151. The van der Waals surface area contributed by atoms with Crippen LogP contribution in [0.15, 0.2) is 36.5 Å². The molecule has 0 bridgehead atoms. The number of anilines is 1. The molecule has 0 saturated heterocycles. The van der Waals surface area contributed by atoms with Crippen molar-refractivity contribution in [3.63, 3.8) is 0 Å². The van der Waals surface area contributed by atoms with Crippen LogP contribution >= 0.6 is 11.6 Å². The van der Waals surface area contributed by atoms with Crippen molar-refractivity contribution >= 4 is 23.3 Å². The summed E-state index contributed by atoms with van der Waals surface area (Å²) < 4.78 is 0. The molecule has 0 spiro atoms. The highest BCUT2D eigenvalue weighted by Gasteiger charge is 2.11. The molecule has 1 heterocycles. The number of aromatic carboxylic acids is 1. The molecule has 0 saturated carbocycles. The van der Waals surface area contributed by atoms with Gasteiger partial charge in [0, 0.05) is 23.5 Å². The number of pyridine rings is 1. The van der Waals surface area contributed by atoms with Crippen molar-refractivity contribution < 1.29 is 9.90 Å². The largest absolute Gasteiger partial charge is 0.478 e. The summed E-state index contributed by atoms with van der Waals surface area (Å²) in [6.07, 6.45) is 1.35. The van der Waals surface area contributed by atoms with Crippen molar-refractivity contribution in [2.45, 2.75) is 13.5 Å². The zero-order valence-electron chi connectivity index (χ0n) is 10.4. The molecular weight excluding hydrogens is 264 g/mol. The third-order valence-corrected chi connectivity index (χ3v) is 3.07. The average molecular weight is 277 g/mol. The van der Waals surface area contributed by atoms with E-state index >= 15 is 0 Å². The van der Waals surface area contributed by atoms with Crippen LogP contribution in [0.3, 0.4) is 0 Å². The number of carboxylic acids is 1. The highest BCUT2D eigenvalue weighted by Crippen LogP contribution is 2.20. The zero-order valence-corrected chi connectivity index (χ0v) is 11.1. The maximum absolute atomic E-state index is 11.1. The number of nitrogens with zero attached hydrogens (tertiary/aromatic N) is 1. The lowest BCUT2D eigenvalue weighted by Gasteiger charge is -2.11. The number of aromatic nitrogens is 1. The molecule has 0 fully saturated rings. The van der Waals surface area contributed by atoms with Crippen LogP contribution in [0.2, 0.25) is 5.02 Å². The summed E-state index contributed by atoms with van der Waals surface area (Å²) in [4.78, 5) is 15.1. The van der Waals surface area contributed by atoms with Gasteiger partial charge in [-0.2, -0.15) is 0 Å². The summed E-state index contributed by atoms with van der Waals surface area (Å²) in [6.45, 7) is 2.27. The Morgan fingerprint density at radius 2 is 2.16 bits per heavy atom. The second-order valence-electron chi connectivity index (χ2n) is 4.12. The van der Waals surface area contributed by atoms with Gasteiger partial charge in [0.15, 0.2) is 0 Å². The predicted molar refractivity (Wildman–Crippen MR) is 74.7 cm³/mol. The van der Waals surface area contributed by atoms with E-state index in [1.165, 1.54) is 6.20 Å². The summed E-state index contributed by atoms with van der Waals surface area (Å²) >= 11 is 6.06. The summed E-state index contributed by atoms with van der Waals surface area (Å²) in [6, 6.07) is 9.14. The second-order valence-corrected chi connectivity index (χ2v) is 4.53. The molecule has 2 rings (SSSR count). The van der Waals surface area contributed by atoms with E-state index in [1.807, 2.05) is 25.1 Å². The topological polar surface area (TPSA) is 62.2 Å². The number of hydrogen-bond donors (Lipinski definition) is 2. The molecule has 1 aromatic heterocycles. The van der Waals surface area contributed by atoms with Gasteiger partial charge in [-0.1, -0.05) is 29.8 Å². The molecule has 1 aromatic carbocycles. The van der Waals surface area contributed by atoms with Crippen LogP contribution in [0, 0.1) is 6.92 Å². The summed E-state index contributed by atoms with van der Waals surface area (Å²) in [7, 11) is 0. The lowest BCUT2D eigenvalue weighted by molar-refractivity contribution is 0.0697. The highest BCUT2D eigenvalue weighted by atomic mass is 35.5. The van der Waals surface area contributed by atoms with Gasteiger partial charge in [0.05, 0.1) is 5.69 Å². The Hall–Kier alpha value is -2.07. The van der Waals surface area contributed by atoms with Gasteiger partial charge >= 0.3 is 5.97 Å².